The van der Waals surface area contributed by atoms with E-state index >= 15 is 0 Å². The number of nitrogens with one attached hydrogen (secondary N) is 2. The van der Waals surface area contributed by atoms with Gasteiger partial charge in [-0.15, -0.1) is 0 Å². The van der Waals surface area contributed by atoms with E-state index in [2.05, 4.69) is 36.6 Å². The first kappa shape index (κ1) is 19.5. The SMILES string of the molecule is CC(C)CNCC[C@H](Cc1ccccc1)NC(=O)OC(C)(C)C. The van der Waals surface area contributed by atoms with Crippen molar-refractivity contribution < 1.29 is 9.53 Å². The third-order valence-corrected chi connectivity index (χ3v) is 3.27. The molecule has 0 unspecified atom stereocenters. The molecule has 0 aliphatic rings. The number of rotatable bonds is 8. The second-order valence-corrected chi connectivity index (χ2v) is 7.42. The molecule has 4 nitrogen and oxygen atoms in total. The molecule has 1 rings (SSSR count). The Balaban J connectivity index is 2.55. The zero-order valence-electron chi connectivity index (χ0n) is 15.2. The Hall–Kier alpha value is -1.55. The summed E-state index contributed by atoms with van der Waals surface area (Å²) in [6.07, 6.45) is 1.34. The van der Waals surface area contributed by atoms with E-state index in [1.165, 1.54) is 5.56 Å². The summed E-state index contributed by atoms with van der Waals surface area (Å²) in [5.74, 6) is 0.626. The first-order chi connectivity index (χ1) is 10.8. The second kappa shape index (κ2) is 9.56. The van der Waals surface area contributed by atoms with Gasteiger partial charge in [-0.25, -0.2) is 4.79 Å². The van der Waals surface area contributed by atoms with Gasteiger partial charge in [-0.05, 0) is 58.2 Å². The summed E-state index contributed by atoms with van der Waals surface area (Å²) in [5.41, 5.74) is 0.745. The van der Waals surface area contributed by atoms with Crippen molar-refractivity contribution in [1.82, 2.24) is 10.6 Å². The van der Waals surface area contributed by atoms with E-state index in [-0.39, 0.29) is 12.1 Å². The number of amides is 1. The maximum Gasteiger partial charge on any atom is 0.407 e. The predicted octanol–water partition coefficient (Wildman–Crippen LogP) is 3.76. The number of benzene rings is 1. The van der Waals surface area contributed by atoms with Crippen molar-refractivity contribution in [2.45, 2.75) is 59.1 Å². The van der Waals surface area contributed by atoms with Gasteiger partial charge in [0.15, 0.2) is 0 Å². The van der Waals surface area contributed by atoms with Crippen molar-refractivity contribution in [3.8, 4) is 0 Å². The average Bonchev–Trinajstić information content (AvgIpc) is 2.42. The van der Waals surface area contributed by atoms with Crippen LogP contribution in [-0.2, 0) is 11.2 Å². The lowest BCUT2D eigenvalue weighted by Crippen LogP contribution is -2.41. The zero-order chi connectivity index (χ0) is 17.3. The first-order valence-corrected chi connectivity index (χ1v) is 8.50. The van der Waals surface area contributed by atoms with E-state index in [1.807, 2.05) is 39.0 Å². The van der Waals surface area contributed by atoms with E-state index in [0.717, 1.165) is 25.9 Å². The Morgan fingerprint density at radius 2 is 1.83 bits per heavy atom. The van der Waals surface area contributed by atoms with Crippen LogP contribution < -0.4 is 10.6 Å². The zero-order valence-corrected chi connectivity index (χ0v) is 15.2. The van der Waals surface area contributed by atoms with Crippen molar-refractivity contribution in [1.29, 1.82) is 0 Å². The van der Waals surface area contributed by atoms with E-state index in [1.54, 1.807) is 0 Å². The smallest absolute Gasteiger partial charge is 0.407 e. The van der Waals surface area contributed by atoms with Crippen LogP contribution in [0.4, 0.5) is 4.79 Å². The monoisotopic (exact) mass is 320 g/mol. The molecule has 1 aromatic carbocycles. The molecule has 23 heavy (non-hydrogen) atoms. The molecular formula is C19H32N2O2. The Morgan fingerprint density at radius 3 is 2.39 bits per heavy atom. The predicted molar refractivity (Wildman–Crippen MR) is 95.6 cm³/mol. The quantitative estimate of drug-likeness (QED) is 0.717. The molecule has 0 aliphatic carbocycles. The van der Waals surface area contributed by atoms with Crippen LogP contribution in [0.15, 0.2) is 30.3 Å². The molecule has 0 aliphatic heterocycles. The van der Waals surface area contributed by atoms with Crippen LogP contribution in [0, 0.1) is 5.92 Å². The fourth-order valence-electron chi connectivity index (χ4n) is 2.27. The van der Waals surface area contributed by atoms with E-state index in [0.29, 0.717) is 5.92 Å². The topological polar surface area (TPSA) is 50.4 Å². The molecule has 0 spiro atoms. The standard InChI is InChI=1S/C19H32N2O2/c1-15(2)14-20-12-11-17(13-16-9-7-6-8-10-16)21-18(22)23-19(3,4)5/h6-10,15,17,20H,11-14H2,1-5H3,(H,21,22)/t17-/m1/s1. The van der Waals surface area contributed by atoms with Gasteiger partial charge in [0, 0.05) is 6.04 Å². The maximum absolute atomic E-state index is 12.0. The molecule has 0 bridgehead atoms. The summed E-state index contributed by atoms with van der Waals surface area (Å²) in [6, 6.07) is 10.3. The van der Waals surface area contributed by atoms with Gasteiger partial charge in [-0.2, -0.15) is 0 Å². The molecule has 130 valence electrons. The highest BCUT2D eigenvalue weighted by Crippen LogP contribution is 2.09. The van der Waals surface area contributed by atoms with Crippen molar-refractivity contribution >= 4 is 6.09 Å². The normalized spacial score (nSPS) is 13.0. The third-order valence-electron chi connectivity index (χ3n) is 3.27. The van der Waals surface area contributed by atoms with E-state index < -0.39 is 5.60 Å². The number of ether oxygens (including phenoxy) is 1. The Labute approximate surface area is 141 Å². The average molecular weight is 320 g/mol. The molecule has 0 radical (unpaired) electrons. The van der Waals surface area contributed by atoms with Crippen LogP contribution in [0.2, 0.25) is 0 Å². The highest BCUT2D eigenvalue weighted by Gasteiger charge is 2.19. The molecular weight excluding hydrogens is 288 g/mol. The highest BCUT2D eigenvalue weighted by atomic mass is 16.6. The molecule has 0 fully saturated rings. The molecule has 2 N–H and O–H groups in total. The molecule has 4 heteroatoms. The van der Waals surface area contributed by atoms with Crippen LogP contribution in [0.1, 0.15) is 46.6 Å². The van der Waals surface area contributed by atoms with Crippen molar-refractivity contribution in [2.24, 2.45) is 5.92 Å². The van der Waals surface area contributed by atoms with Gasteiger partial charge >= 0.3 is 6.09 Å². The van der Waals surface area contributed by atoms with Crippen LogP contribution in [0.3, 0.4) is 0 Å². The minimum absolute atomic E-state index is 0.0620. The number of hydrogen-bond acceptors (Lipinski definition) is 3. The van der Waals surface area contributed by atoms with Crippen LogP contribution >= 0.6 is 0 Å². The highest BCUT2D eigenvalue weighted by molar-refractivity contribution is 5.68. The van der Waals surface area contributed by atoms with Gasteiger partial charge < -0.3 is 15.4 Å². The molecule has 1 atom stereocenters. The molecule has 1 aromatic rings. The fourth-order valence-corrected chi connectivity index (χ4v) is 2.27. The lowest BCUT2D eigenvalue weighted by molar-refractivity contribution is 0.0502. The number of alkyl carbamates (subject to hydrolysis) is 1. The summed E-state index contributed by atoms with van der Waals surface area (Å²) < 4.78 is 5.38. The molecule has 0 saturated heterocycles. The van der Waals surface area contributed by atoms with Crippen molar-refractivity contribution in [3.05, 3.63) is 35.9 Å². The lowest BCUT2D eigenvalue weighted by Gasteiger charge is -2.24. The van der Waals surface area contributed by atoms with Gasteiger partial charge in [0.25, 0.3) is 0 Å². The summed E-state index contributed by atoms with van der Waals surface area (Å²) in [7, 11) is 0. The minimum Gasteiger partial charge on any atom is -0.444 e. The van der Waals surface area contributed by atoms with Gasteiger partial charge in [0.05, 0.1) is 0 Å². The summed E-state index contributed by atoms with van der Waals surface area (Å²) >= 11 is 0. The molecule has 0 aromatic heterocycles. The number of carbonyl (C=O) groups is 1. The summed E-state index contributed by atoms with van der Waals surface area (Å²) in [4.78, 5) is 12.0. The number of hydrogen-bond donors (Lipinski definition) is 2. The molecule has 0 heterocycles. The van der Waals surface area contributed by atoms with Crippen LogP contribution in [-0.4, -0.2) is 30.8 Å². The lowest BCUT2D eigenvalue weighted by atomic mass is 10.0. The van der Waals surface area contributed by atoms with Crippen molar-refractivity contribution in [3.63, 3.8) is 0 Å². The van der Waals surface area contributed by atoms with Gasteiger partial charge in [-0.1, -0.05) is 44.2 Å². The third kappa shape index (κ3) is 9.95. The largest absolute Gasteiger partial charge is 0.444 e. The van der Waals surface area contributed by atoms with E-state index in [4.69, 9.17) is 4.74 Å². The summed E-state index contributed by atoms with van der Waals surface area (Å²) in [6.45, 7) is 11.9. The molecule has 0 saturated carbocycles. The Morgan fingerprint density at radius 1 is 1.17 bits per heavy atom. The number of carbonyl (C=O) groups excluding carboxylic acids is 1. The molecule has 1 amide bonds. The minimum atomic E-state index is -0.475. The van der Waals surface area contributed by atoms with E-state index in [9.17, 15) is 4.79 Å². The second-order valence-electron chi connectivity index (χ2n) is 7.42. The van der Waals surface area contributed by atoms with Crippen LogP contribution in [0.25, 0.3) is 0 Å². The van der Waals surface area contributed by atoms with Crippen molar-refractivity contribution in [2.75, 3.05) is 13.1 Å². The van der Waals surface area contributed by atoms with Gasteiger partial charge in [0.1, 0.15) is 5.60 Å². The fraction of sp³-hybridized carbons (Fsp3) is 0.632. The van der Waals surface area contributed by atoms with Gasteiger partial charge in [-0.3, -0.25) is 0 Å². The Bertz CT molecular complexity index is 452. The van der Waals surface area contributed by atoms with Gasteiger partial charge in [0.2, 0.25) is 0 Å². The first-order valence-electron chi connectivity index (χ1n) is 8.50. The van der Waals surface area contributed by atoms with Crippen LogP contribution in [0.5, 0.6) is 0 Å². The summed E-state index contributed by atoms with van der Waals surface area (Å²) in [5, 5.41) is 6.44. The Kier molecular flexibility index (Phi) is 8.10. The maximum atomic E-state index is 12.0.